The molecule has 6 nitrogen and oxygen atoms in total. The summed E-state index contributed by atoms with van der Waals surface area (Å²) < 4.78 is 15.2. The van der Waals surface area contributed by atoms with E-state index in [0.29, 0.717) is 19.8 Å². The first-order chi connectivity index (χ1) is 7.96. The molecule has 0 amide bonds. The van der Waals surface area contributed by atoms with Gasteiger partial charge < -0.3 is 24.6 Å². The minimum absolute atomic E-state index is 0.116. The lowest BCUT2D eigenvalue weighted by Gasteiger charge is -2.28. The van der Waals surface area contributed by atoms with Crippen LogP contribution >= 0.6 is 0 Å². The SMILES string of the molecule is COC(=O)C(C)(O)CNCC1(OC)CCOC1. The van der Waals surface area contributed by atoms with Gasteiger partial charge >= 0.3 is 5.97 Å². The highest BCUT2D eigenvalue weighted by molar-refractivity contribution is 5.78. The van der Waals surface area contributed by atoms with E-state index in [-0.39, 0.29) is 12.1 Å². The number of ether oxygens (including phenoxy) is 3. The number of nitrogens with one attached hydrogen (secondary N) is 1. The Morgan fingerprint density at radius 2 is 2.29 bits per heavy atom. The average molecular weight is 247 g/mol. The Kier molecular flexibility index (Phi) is 4.88. The molecule has 0 aliphatic carbocycles. The van der Waals surface area contributed by atoms with Crippen LogP contribution in [-0.2, 0) is 19.0 Å². The van der Waals surface area contributed by atoms with Crippen LogP contribution in [0.2, 0.25) is 0 Å². The zero-order valence-corrected chi connectivity index (χ0v) is 10.6. The predicted molar refractivity (Wildman–Crippen MR) is 60.7 cm³/mol. The van der Waals surface area contributed by atoms with E-state index in [1.165, 1.54) is 14.0 Å². The molecule has 1 aliphatic heterocycles. The molecule has 0 bridgehead atoms. The van der Waals surface area contributed by atoms with Gasteiger partial charge in [0.25, 0.3) is 0 Å². The topological polar surface area (TPSA) is 77.0 Å². The summed E-state index contributed by atoms with van der Waals surface area (Å²) in [5, 5.41) is 12.8. The Labute approximate surface area is 101 Å². The number of hydrogen-bond donors (Lipinski definition) is 2. The quantitative estimate of drug-likeness (QED) is 0.605. The van der Waals surface area contributed by atoms with E-state index < -0.39 is 11.6 Å². The summed E-state index contributed by atoms with van der Waals surface area (Å²) >= 11 is 0. The smallest absolute Gasteiger partial charge is 0.338 e. The van der Waals surface area contributed by atoms with Gasteiger partial charge in [0.2, 0.25) is 0 Å². The number of carbonyl (C=O) groups excluding carboxylic acids is 1. The highest BCUT2D eigenvalue weighted by Gasteiger charge is 2.36. The van der Waals surface area contributed by atoms with Gasteiger partial charge in [-0.1, -0.05) is 0 Å². The maximum absolute atomic E-state index is 11.2. The van der Waals surface area contributed by atoms with Crippen LogP contribution in [-0.4, -0.2) is 62.8 Å². The lowest BCUT2D eigenvalue weighted by molar-refractivity contribution is -0.160. The molecule has 0 radical (unpaired) electrons. The van der Waals surface area contributed by atoms with Crippen molar-refractivity contribution in [2.75, 3.05) is 40.5 Å². The number of carbonyl (C=O) groups is 1. The Morgan fingerprint density at radius 1 is 1.59 bits per heavy atom. The summed E-state index contributed by atoms with van der Waals surface area (Å²) in [6.07, 6.45) is 0.802. The van der Waals surface area contributed by atoms with Crippen molar-refractivity contribution in [1.82, 2.24) is 5.32 Å². The molecule has 17 heavy (non-hydrogen) atoms. The predicted octanol–water partition coefficient (Wildman–Crippen LogP) is -0.694. The molecular formula is C11H21NO5. The summed E-state index contributed by atoms with van der Waals surface area (Å²) in [5.41, 5.74) is -1.88. The average Bonchev–Trinajstić information content (AvgIpc) is 2.77. The monoisotopic (exact) mass is 247 g/mol. The fourth-order valence-corrected chi connectivity index (χ4v) is 1.79. The van der Waals surface area contributed by atoms with Crippen LogP contribution in [0.1, 0.15) is 13.3 Å². The van der Waals surface area contributed by atoms with Crippen molar-refractivity contribution in [3.8, 4) is 0 Å². The van der Waals surface area contributed by atoms with E-state index in [0.717, 1.165) is 6.42 Å². The van der Waals surface area contributed by atoms with Gasteiger partial charge in [0.05, 0.1) is 13.7 Å². The van der Waals surface area contributed by atoms with Crippen molar-refractivity contribution in [2.45, 2.75) is 24.5 Å². The standard InChI is InChI=1S/C11H21NO5/c1-10(14,9(13)15-2)6-12-7-11(16-3)4-5-17-8-11/h12,14H,4-8H2,1-3H3. The molecule has 0 spiro atoms. The van der Waals surface area contributed by atoms with Gasteiger partial charge in [-0.2, -0.15) is 0 Å². The van der Waals surface area contributed by atoms with E-state index in [9.17, 15) is 9.90 Å². The van der Waals surface area contributed by atoms with Crippen molar-refractivity contribution < 1.29 is 24.1 Å². The zero-order chi connectivity index (χ0) is 12.9. The Bertz CT molecular complexity index is 261. The molecule has 6 heteroatoms. The normalized spacial score (nSPS) is 27.8. The van der Waals surface area contributed by atoms with Crippen LogP contribution in [0, 0.1) is 0 Å². The van der Waals surface area contributed by atoms with Gasteiger partial charge in [-0.05, 0) is 6.92 Å². The minimum atomic E-state index is -1.52. The second-order valence-corrected chi connectivity index (χ2v) is 4.56. The second-order valence-electron chi connectivity index (χ2n) is 4.56. The van der Waals surface area contributed by atoms with Gasteiger partial charge in [-0.15, -0.1) is 0 Å². The van der Waals surface area contributed by atoms with Gasteiger partial charge in [-0.25, -0.2) is 4.79 Å². The highest BCUT2D eigenvalue weighted by Crippen LogP contribution is 2.21. The third-order valence-electron chi connectivity index (χ3n) is 3.04. The van der Waals surface area contributed by atoms with E-state index in [2.05, 4.69) is 10.1 Å². The van der Waals surface area contributed by atoms with Crippen molar-refractivity contribution in [3.63, 3.8) is 0 Å². The molecule has 2 N–H and O–H groups in total. The first-order valence-electron chi connectivity index (χ1n) is 5.60. The molecule has 1 heterocycles. The van der Waals surface area contributed by atoms with Gasteiger partial charge in [0.15, 0.2) is 5.60 Å². The first-order valence-corrected chi connectivity index (χ1v) is 5.60. The molecule has 0 aromatic heterocycles. The van der Waals surface area contributed by atoms with Crippen LogP contribution in [0.25, 0.3) is 0 Å². The Hall–Kier alpha value is -0.690. The molecule has 100 valence electrons. The van der Waals surface area contributed by atoms with Crippen molar-refractivity contribution >= 4 is 5.97 Å². The summed E-state index contributed by atoms with van der Waals surface area (Å²) in [6, 6.07) is 0. The van der Waals surface area contributed by atoms with Crippen LogP contribution < -0.4 is 5.32 Å². The molecule has 0 aromatic carbocycles. The number of aliphatic hydroxyl groups is 1. The minimum Gasteiger partial charge on any atom is -0.467 e. The molecule has 1 saturated heterocycles. The molecule has 2 atom stereocenters. The third kappa shape index (κ3) is 3.64. The number of esters is 1. The lowest BCUT2D eigenvalue weighted by atomic mass is 10.0. The molecule has 1 rings (SSSR count). The van der Waals surface area contributed by atoms with Crippen molar-refractivity contribution in [1.29, 1.82) is 0 Å². The van der Waals surface area contributed by atoms with Crippen LogP contribution in [0.3, 0.4) is 0 Å². The van der Waals surface area contributed by atoms with Crippen molar-refractivity contribution in [3.05, 3.63) is 0 Å². The Balaban J connectivity index is 2.38. The van der Waals surface area contributed by atoms with E-state index in [4.69, 9.17) is 9.47 Å². The number of hydrogen-bond acceptors (Lipinski definition) is 6. The van der Waals surface area contributed by atoms with E-state index >= 15 is 0 Å². The van der Waals surface area contributed by atoms with E-state index in [1.54, 1.807) is 7.11 Å². The first kappa shape index (κ1) is 14.4. The Morgan fingerprint density at radius 3 is 2.76 bits per heavy atom. The summed E-state index contributed by atoms with van der Waals surface area (Å²) in [4.78, 5) is 11.2. The largest absolute Gasteiger partial charge is 0.467 e. The fraction of sp³-hybridized carbons (Fsp3) is 0.909. The van der Waals surface area contributed by atoms with Gasteiger partial charge in [0, 0.05) is 33.2 Å². The van der Waals surface area contributed by atoms with Crippen LogP contribution in [0.4, 0.5) is 0 Å². The second kappa shape index (κ2) is 5.77. The maximum Gasteiger partial charge on any atom is 0.338 e. The number of methoxy groups -OCH3 is 2. The summed E-state index contributed by atoms with van der Waals surface area (Å²) in [5.74, 6) is -0.654. The fourth-order valence-electron chi connectivity index (χ4n) is 1.79. The summed E-state index contributed by atoms with van der Waals surface area (Å²) in [7, 11) is 2.88. The lowest BCUT2D eigenvalue weighted by Crippen LogP contribution is -2.50. The van der Waals surface area contributed by atoms with E-state index in [1.807, 2.05) is 0 Å². The van der Waals surface area contributed by atoms with Crippen LogP contribution in [0.5, 0.6) is 0 Å². The zero-order valence-electron chi connectivity index (χ0n) is 10.6. The number of rotatable bonds is 6. The van der Waals surface area contributed by atoms with Gasteiger partial charge in [-0.3, -0.25) is 0 Å². The molecule has 1 aliphatic rings. The van der Waals surface area contributed by atoms with Gasteiger partial charge in [0.1, 0.15) is 5.60 Å². The summed E-state index contributed by atoms with van der Waals surface area (Å²) in [6.45, 7) is 3.25. The molecular weight excluding hydrogens is 226 g/mol. The highest BCUT2D eigenvalue weighted by atomic mass is 16.6. The van der Waals surface area contributed by atoms with Crippen LogP contribution in [0.15, 0.2) is 0 Å². The molecule has 0 aromatic rings. The molecule has 2 unspecified atom stereocenters. The van der Waals surface area contributed by atoms with Crippen molar-refractivity contribution in [2.24, 2.45) is 0 Å². The molecule has 1 fully saturated rings. The molecule has 0 saturated carbocycles. The third-order valence-corrected chi connectivity index (χ3v) is 3.04. The maximum atomic E-state index is 11.2.